The standard InChI is InChI=1S/C10H11NO3S/c11-5-4-7(12)6-2-1-3-8-9(6)15-10(13)14-8/h1-3,7,12H,4-5,11H2. The van der Waals surface area contributed by atoms with Crippen LogP contribution in [0.1, 0.15) is 18.1 Å². The van der Waals surface area contributed by atoms with Crippen molar-refractivity contribution in [3.8, 4) is 0 Å². The van der Waals surface area contributed by atoms with Gasteiger partial charge < -0.3 is 15.3 Å². The second-order valence-corrected chi connectivity index (χ2v) is 4.17. The zero-order valence-electron chi connectivity index (χ0n) is 7.97. The van der Waals surface area contributed by atoms with Crippen molar-refractivity contribution in [1.29, 1.82) is 0 Å². The fourth-order valence-corrected chi connectivity index (χ4v) is 2.32. The van der Waals surface area contributed by atoms with E-state index in [2.05, 4.69) is 0 Å². The van der Waals surface area contributed by atoms with Crippen molar-refractivity contribution in [3.05, 3.63) is 33.5 Å². The van der Waals surface area contributed by atoms with E-state index >= 15 is 0 Å². The molecule has 0 fully saturated rings. The zero-order valence-corrected chi connectivity index (χ0v) is 8.79. The predicted molar refractivity (Wildman–Crippen MR) is 59.0 cm³/mol. The van der Waals surface area contributed by atoms with Crippen LogP contribution in [0.5, 0.6) is 0 Å². The first kappa shape index (κ1) is 10.4. The van der Waals surface area contributed by atoms with Crippen molar-refractivity contribution in [2.45, 2.75) is 12.5 Å². The van der Waals surface area contributed by atoms with Crippen molar-refractivity contribution in [2.75, 3.05) is 6.54 Å². The summed E-state index contributed by atoms with van der Waals surface area (Å²) in [6, 6.07) is 5.26. The molecule has 5 heteroatoms. The maximum Gasteiger partial charge on any atom is 0.396 e. The average Bonchev–Trinajstić information content (AvgIpc) is 2.57. The van der Waals surface area contributed by atoms with Crippen LogP contribution in [0.15, 0.2) is 27.4 Å². The number of hydrogen-bond acceptors (Lipinski definition) is 5. The highest BCUT2D eigenvalue weighted by Crippen LogP contribution is 2.27. The summed E-state index contributed by atoms with van der Waals surface area (Å²) in [4.78, 5) is 10.7. The van der Waals surface area contributed by atoms with Crippen molar-refractivity contribution >= 4 is 21.6 Å². The van der Waals surface area contributed by atoms with Crippen LogP contribution in [0, 0.1) is 0 Å². The third kappa shape index (κ3) is 1.94. The molecule has 0 aliphatic carbocycles. The van der Waals surface area contributed by atoms with Crippen molar-refractivity contribution in [3.63, 3.8) is 0 Å². The lowest BCUT2D eigenvalue weighted by atomic mass is 10.1. The van der Waals surface area contributed by atoms with E-state index in [0.717, 1.165) is 11.3 Å². The molecule has 15 heavy (non-hydrogen) atoms. The van der Waals surface area contributed by atoms with Crippen molar-refractivity contribution in [1.82, 2.24) is 0 Å². The summed E-state index contributed by atoms with van der Waals surface area (Å²) >= 11 is 1.01. The van der Waals surface area contributed by atoms with Crippen LogP contribution in [0.3, 0.4) is 0 Å². The molecular formula is C10H11NO3S. The van der Waals surface area contributed by atoms with E-state index in [0.29, 0.717) is 28.8 Å². The molecular weight excluding hydrogens is 214 g/mol. The largest absolute Gasteiger partial charge is 0.414 e. The quantitative estimate of drug-likeness (QED) is 0.823. The van der Waals surface area contributed by atoms with Crippen LogP contribution >= 0.6 is 11.3 Å². The molecule has 1 aromatic heterocycles. The first-order valence-electron chi connectivity index (χ1n) is 4.63. The van der Waals surface area contributed by atoms with Crippen molar-refractivity contribution < 1.29 is 9.52 Å². The molecule has 2 rings (SSSR count). The number of rotatable bonds is 3. The Hall–Kier alpha value is -1.17. The highest BCUT2D eigenvalue weighted by molar-refractivity contribution is 7.16. The maximum atomic E-state index is 11.1. The second-order valence-electron chi connectivity index (χ2n) is 3.22. The molecule has 3 N–H and O–H groups in total. The van der Waals surface area contributed by atoms with Gasteiger partial charge in [-0.3, -0.25) is 0 Å². The molecule has 2 aromatic rings. The third-order valence-electron chi connectivity index (χ3n) is 2.19. The van der Waals surface area contributed by atoms with Crippen LogP contribution in [0.25, 0.3) is 10.3 Å². The lowest BCUT2D eigenvalue weighted by Gasteiger charge is -2.09. The normalized spacial score (nSPS) is 13.2. The van der Waals surface area contributed by atoms with E-state index in [1.807, 2.05) is 0 Å². The molecule has 0 amide bonds. The summed E-state index contributed by atoms with van der Waals surface area (Å²) < 4.78 is 5.67. The van der Waals surface area contributed by atoms with Gasteiger partial charge in [0.15, 0.2) is 0 Å². The minimum absolute atomic E-state index is 0.350. The van der Waals surface area contributed by atoms with Crippen LogP contribution < -0.4 is 10.7 Å². The van der Waals surface area contributed by atoms with Gasteiger partial charge in [-0.1, -0.05) is 23.5 Å². The van der Waals surface area contributed by atoms with Gasteiger partial charge in [-0.15, -0.1) is 0 Å². The summed E-state index contributed by atoms with van der Waals surface area (Å²) in [6.45, 7) is 0.407. The first-order valence-corrected chi connectivity index (χ1v) is 5.44. The lowest BCUT2D eigenvalue weighted by Crippen LogP contribution is -2.06. The Morgan fingerprint density at radius 1 is 1.53 bits per heavy atom. The SMILES string of the molecule is NCCC(O)c1cccc2oc(=O)sc12. The van der Waals surface area contributed by atoms with E-state index < -0.39 is 6.10 Å². The summed E-state index contributed by atoms with van der Waals surface area (Å²) in [6.07, 6.45) is -0.155. The second kappa shape index (κ2) is 4.14. The molecule has 0 saturated heterocycles. The Labute approximate surface area is 89.9 Å². The Morgan fingerprint density at radius 3 is 3.07 bits per heavy atom. The van der Waals surface area contributed by atoms with Gasteiger partial charge in [0.2, 0.25) is 0 Å². The molecule has 1 unspecified atom stereocenters. The molecule has 1 atom stereocenters. The summed E-state index contributed by atoms with van der Waals surface area (Å²) in [5.74, 6) is 0. The predicted octanol–water partition coefficient (Wildman–Crippen LogP) is 1.24. The zero-order chi connectivity index (χ0) is 10.8. The molecule has 1 aromatic carbocycles. The average molecular weight is 225 g/mol. The van der Waals surface area contributed by atoms with Gasteiger partial charge in [0.05, 0.1) is 10.8 Å². The molecule has 0 aliphatic heterocycles. The van der Waals surface area contributed by atoms with Gasteiger partial charge in [0.1, 0.15) is 5.58 Å². The van der Waals surface area contributed by atoms with E-state index in [-0.39, 0.29) is 4.94 Å². The summed E-state index contributed by atoms with van der Waals surface area (Å²) in [5.41, 5.74) is 6.62. The smallest absolute Gasteiger partial charge is 0.396 e. The van der Waals surface area contributed by atoms with Crippen LogP contribution in [-0.2, 0) is 0 Å². The van der Waals surface area contributed by atoms with Gasteiger partial charge in [0.25, 0.3) is 0 Å². The van der Waals surface area contributed by atoms with Gasteiger partial charge in [-0.05, 0) is 19.0 Å². The van der Waals surface area contributed by atoms with Crippen LogP contribution in [0.2, 0.25) is 0 Å². The highest BCUT2D eigenvalue weighted by atomic mass is 32.1. The lowest BCUT2D eigenvalue weighted by molar-refractivity contribution is 0.172. The Balaban J connectivity index is 2.54. The summed E-state index contributed by atoms with van der Waals surface area (Å²) in [5, 5.41) is 9.81. The molecule has 0 saturated carbocycles. The van der Waals surface area contributed by atoms with Gasteiger partial charge in [0, 0.05) is 5.56 Å². The first-order chi connectivity index (χ1) is 7.22. The van der Waals surface area contributed by atoms with E-state index in [1.54, 1.807) is 18.2 Å². The monoisotopic (exact) mass is 225 g/mol. The van der Waals surface area contributed by atoms with E-state index in [4.69, 9.17) is 10.2 Å². The Morgan fingerprint density at radius 2 is 2.33 bits per heavy atom. The number of hydrogen-bond donors (Lipinski definition) is 2. The van der Waals surface area contributed by atoms with Gasteiger partial charge >= 0.3 is 4.94 Å². The van der Waals surface area contributed by atoms with Crippen LogP contribution in [0.4, 0.5) is 0 Å². The topological polar surface area (TPSA) is 76.5 Å². The molecule has 4 nitrogen and oxygen atoms in total. The van der Waals surface area contributed by atoms with Gasteiger partial charge in [-0.2, -0.15) is 0 Å². The number of fused-ring (bicyclic) bond motifs is 1. The number of aliphatic hydroxyl groups is 1. The molecule has 1 heterocycles. The van der Waals surface area contributed by atoms with Crippen LogP contribution in [-0.4, -0.2) is 11.7 Å². The Bertz CT molecular complexity index is 517. The fourth-order valence-electron chi connectivity index (χ4n) is 1.49. The highest BCUT2D eigenvalue weighted by Gasteiger charge is 2.13. The number of aliphatic hydroxyl groups excluding tert-OH is 1. The van der Waals surface area contributed by atoms with Gasteiger partial charge in [-0.25, -0.2) is 4.79 Å². The fraction of sp³-hybridized carbons (Fsp3) is 0.300. The molecule has 0 spiro atoms. The number of benzene rings is 1. The molecule has 0 aliphatic rings. The molecule has 80 valence electrons. The number of nitrogens with two attached hydrogens (primary N) is 1. The molecule has 0 bridgehead atoms. The minimum atomic E-state index is -0.632. The third-order valence-corrected chi connectivity index (χ3v) is 3.08. The minimum Gasteiger partial charge on any atom is -0.414 e. The maximum absolute atomic E-state index is 11.1. The summed E-state index contributed by atoms with van der Waals surface area (Å²) in [7, 11) is 0. The van der Waals surface area contributed by atoms with E-state index in [9.17, 15) is 9.90 Å². The van der Waals surface area contributed by atoms with Crippen molar-refractivity contribution in [2.24, 2.45) is 5.73 Å². The molecule has 0 radical (unpaired) electrons. The Kier molecular flexibility index (Phi) is 2.86. The van der Waals surface area contributed by atoms with E-state index in [1.165, 1.54) is 0 Å².